The highest BCUT2D eigenvalue weighted by Gasteiger charge is 2.20. The molecule has 0 aliphatic carbocycles. The summed E-state index contributed by atoms with van der Waals surface area (Å²) < 4.78 is 12.9. The minimum absolute atomic E-state index is 0.0163. The maximum Gasteiger partial charge on any atom is 0.323 e. The number of aromatic amines is 1. The number of hydrogen-bond acceptors (Lipinski definition) is 8. The number of anilines is 1. The second-order valence-corrected chi connectivity index (χ2v) is 7.54. The number of ether oxygens (including phenoxy) is 2. The SMILES string of the molecule is CCCCOC[C@H](CCOC(=O)[C@@H](N)C(C)C)Cn1cnc2c(=O)[nH]c(N)nc21. The van der Waals surface area contributed by atoms with Crippen molar-refractivity contribution in [3.63, 3.8) is 0 Å². The molecular formula is C19H32N6O4. The summed E-state index contributed by atoms with van der Waals surface area (Å²) in [5.74, 6) is -0.312. The van der Waals surface area contributed by atoms with E-state index in [1.807, 2.05) is 13.8 Å². The molecule has 29 heavy (non-hydrogen) atoms. The molecule has 0 amide bonds. The summed E-state index contributed by atoms with van der Waals surface area (Å²) in [6.07, 6.45) is 4.17. The molecule has 0 aromatic carbocycles. The maximum atomic E-state index is 12.0. The lowest BCUT2D eigenvalue weighted by Crippen LogP contribution is -2.37. The minimum atomic E-state index is -0.634. The van der Waals surface area contributed by atoms with E-state index in [9.17, 15) is 9.59 Å². The Morgan fingerprint density at radius 3 is 2.79 bits per heavy atom. The number of H-pyrrole nitrogens is 1. The maximum absolute atomic E-state index is 12.0. The molecule has 0 saturated carbocycles. The highest BCUT2D eigenvalue weighted by Crippen LogP contribution is 2.14. The lowest BCUT2D eigenvalue weighted by molar-refractivity contribution is -0.146. The first-order chi connectivity index (χ1) is 13.8. The summed E-state index contributed by atoms with van der Waals surface area (Å²) in [4.78, 5) is 34.7. The molecule has 10 heteroatoms. The summed E-state index contributed by atoms with van der Waals surface area (Å²) in [6.45, 7) is 7.76. The van der Waals surface area contributed by atoms with Gasteiger partial charge in [0.15, 0.2) is 11.2 Å². The number of nitrogen functional groups attached to an aromatic ring is 1. The Balaban J connectivity index is 2.04. The van der Waals surface area contributed by atoms with Crippen molar-refractivity contribution in [3.8, 4) is 0 Å². The van der Waals surface area contributed by atoms with Gasteiger partial charge in [-0.2, -0.15) is 4.98 Å². The highest BCUT2D eigenvalue weighted by atomic mass is 16.5. The second kappa shape index (κ2) is 10.9. The normalized spacial score (nSPS) is 13.7. The first kappa shape index (κ1) is 22.8. The van der Waals surface area contributed by atoms with Crippen LogP contribution in [0, 0.1) is 11.8 Å². The molecule has 0 spiro atoms. The van der Waals surface area contributed by atoms with Crippen molar-refractivity contribution >= 4 is 23.1 Å². The average Bonchev–Trinajstić information content (AvgIpc) is 3.07. The largest absolute Gasteiger partial charge is 0.465 e. The van der Waals surface area contributed by atoms with Crippen molar-refractivity contribution in [2.45, 2.75) is 52.6 Å². The van der Waals surface area contributed by atoms with Gasteiger partial charge in [-0.05, 0) is 18.8 Å². The van der Waals surface area contributed by atoms with Crippen LogP contribution in [0.2, 0.25) is 0 Å². The third-order valence-corrected chi connectivity index (χ3v) is 4.70. The van der Waals surface area contributed by atoms with Crippen LogP contribution in [0.4, 0.5) is 5.95 Å². The van der Waals surface area contributed by atoms with Crippen LogP contribution in [-0.4, -0.2) is 51.4 Å². The van der Waals surface area contributed by atoms with Crippen molar-refractivity contribution in [1.29, 1.82) is 0 Å². The molecule has 0 aliphatic rings. The van der Waals surface area contributed by atoms with E-state index in [1.54, 1.807) is 10.9 Å². The fourth-order valence-electron chi connectivity index (χ4n) is 2.80. The number of carbonyl (C=O) groups excluding carboxylic acids is 1. The Bertz CT molecular complexity index is 847. The zero-order chi connectivity index (χ0) is 21.4. The van der Waals surface area contributed by atoms with Crippen LogP contribution in [0.5, 0.6) is 0 Å². The van der Waals surface area contributed by atoms with E-state index in [2.05, 4.69) is 21.9 Å². The lowest BCUT2D eigenvalue weighted by Gasteiger charge is -2.19. The number of rotatable bonds is 12. The Labute approximate surface area is 170 Å². The number of nitrogens with one attached hydrogen (secondary N) is 1. The number of nitrogens with two attached hydrogens (primary N) is 2. The van der Waals surface area contributed by atoms with E-state index < -0.39 is 12.0 Å². The molecule has 0 aliphatic heterocycles. The van der Waals surface area contributed by atoms with Gasteiger partial charge in [-0.3, -0.25) is 14.6 Å². The molecule has 2 aromatic rings. The molecule has 2 atom stereocenters. The number of carbonyl (C=O) groups is 1. The Morgan fingerprint density at radius 1 is 1.34 bits per heavy atom. The number of imidazole rings is 1. The zero-order valence-corrected chi connectivity index (χ0v) is 17.4. The fraction of sp³-hybridized carbons (Fsp3) is 0.684. The van der Waals surface area contributed by atoms with Crippen LogP contribution < -0.4 is 17.0 Å². The number of hydrogen-bond donors (Lipinski definition) is 3. The summed E-state index contributed by atoms with van der Waals surface area (Å²) in [6, 6.07) is -0.634. The lowest BCUT2D eigenvalue weighted by atomic mass is 10.1. The van der Waals surface area contributed by atoms with Gasteiger partial charge in [0.25, 0.3) is 5.56 Å². The van der Waals surface area contributed by atoms with Gasteiger partial charge in [-0.15, -0.1) is 0 Å². The van der Waals surface area contributed by atoms with Gasteiger partial charge >= 0.3 is 5.97 Å². The molecule has 2 rings (SSSR count). The molecule has 10 nitrogen and oxygen atoms in total. The molecule has 0 unspecified atom stereocenters. The Kier molecular flexibility index (Phi) is 8.59. The second-order valence-electron chi connectivity index (χ2n) is 7.54. The van der Waals surface area contributed by atoms with Gasteiger partial charge in [-0.25, -0.2) is 4.98 Å². The van der Waals surface area contributed by atoms with Crippen molar-refractivity contribution in [3.05, 3.63) is 16.7 Å². The Morgan fingerprint density at radius 2 is 2.10 bits per heavy atom. The van der Waals surface area contributed by atoms with Crippen LogP contribution in [0.25, 0.3) is 11.2 Å². The van der Waals surface area contributed by atoms with E-state index in [0.717, 1.165) is 12.8 Å². The monoisotopic (exact) mass is 408 g/mol. The van der Waals surface area contributed by atoms with Crippen molar-refractivity contribution in [2.24, 2.45) is 17.6 Å². The topological polar surface area (TPSA) is 151 Å². The molecular weight excluding hydrogens is 376 g/mol. The minimum Gasteiger partial charge on any atom is -0.465 e. The van der Waals surface area contributed by atoms with Crippen LogP contribution in [-0.2, 0) is 20.8 Å². The van der Waals surface area contributed by atoms with Gasteiger partial charge in [0.2, 0.25) is 5.95 Å². The third-order valence-electron chi connectivity index (χ3n) is 4.70. The summed E-state index contributed by atoms with van der Waals surface area (Å²) in [5, 5.41) is 0. The van der Waals surface area contributed by atoms with Crippen LogP contribution >= 0.6 is 0 Å². The van der Waals surface area contributed by atoms with Crippen LogP contribution in [0.1, 0.15) is 40.0 Å². The molecule has 2 aromatic heterocycles. The van der Waals surface area contributed by atoms with E-state index in [4.69, 9.17) is 20.9 Å². The summed E-state index contributed by atoms with van der Waals surface area (Å²) >= 11 is 0. The molecule has 0 saturated heterocycles. The quantitative estimate of drug-likeness (QED) is 0.348. The zero-order valence-electron chi connectivity index (χ0n) is 17.4. The number of unbranched alkanes of at least 4 members (excludes halogenated alkanes) is 1. The first-order valence-electron chi connectivity index (χ1n) is 10.0. The van der Waals surface area contributed by atoms with Gasteiger partial charge in [-0.1, -0.05) is 27.2 Å². The third kappa shape index (κ3) is 6.53. The fourth-order valence-corrected chi connectivity index (χ4v) is 2.80. The van der Waals surface area contributed by atoms with Gasteiger partial charge in [0.05, 0.1) is 19.5 Å². The van der Waals surface area contributed by atoms with E-state index in [0.29, 0.717) is 31.8 Å². The first-order valence-corrected chi connectivity index (χ1v) is 10.0. The van der Waals surface area contributed by atoms with E-state index >= 15 is 0 Å². The molecule has 2 heterocycles. The predicted molar refractivity (Wildman–Crippen MR) is 110 cm³/mol. The molecule has 0 bridgehead atoms. The predicted octanol–water partition coefficient (Wildman–Crippen LogP) is 1.05. The van der Waals surface area contributed by atoms with Gasteiger partial charge < -0.3 is 25.5 Å². The summed E-state index contributed by atoms with van der Waals surface area (Å²) in [5.41, 5.74) is 11.8. The van der Waals surface area contributed by atoms with E-state index in [-0.39, 0.29) is 35.5 Å². The number of fused-ring (bicyclic) bond motifs is 1. The number of esters is 1. The van der Waals surface area contributed by atoms with Gasteiger partial charge in [0.1, 0.15) is 6.04 Å². The van der Waals surface area contributed by atoms with Gasteiger partial charge in [0, 0.05) is 19.1 Å². The number of aromatic nitrogens is 4. The average molecular weight is 409 g/mol. The summed E-state index contributed by atoms with van der Waals surface area (Å²) in [7, 11) is 0. The molecule has 5 N–H and O–H groups in total. The molecule has 0 fully saturated rings. The highest BCUT2D eigenvalue weighted by molar-refractivity contribution is 5.75. The van der Waals surface area contributed by atoms with Crippen molar-refractivity contribution in [1.82, 2.24) is 19.5 Å². The van der Waals surface area contributed by atoms with Crippen molar-refractivity contribution in [2.75, 3.05) is 25.6 Å². The smallest absolute Gasteiger partial charge is 0.323 e. The molecule has 162 valence electrons. The molecule has 0 radical (unpaired) electrons. The number of nitrogens with zero attached hydrogens (tertiary/aromatic N) is 3. The van der Waals surface area contributed by atoms with E-state index in [1.165, 1.54) is 0 Å². The van der Waals surface area contributed by atoms with Crippen LogP contribution in [0.15, 0.2) is 11.1 Å². The Hall–Kier alpha value is -2.46. The standard InChI is InChI=1S/C19H32N6O4/c1-4-5-7-28-10-13(6-8-29-18(27)14(20)12(2)3)9-25-11-22-15-16(25)23-19(21)24-17(15)26/h11-14H,4-10,20H2,1-3H3,(H3,21,23,24,26)/t13-,14+/m1/s1. The van der Waals surface area contributed by atoms with Crippen molar-refractivity contribution < 1.29 is 14.3 Å². The van der Waals surface area contributed by atoms with Crippen LogP contribution in [0.3, 0.4) is 0 Å².